The molecule has 1 atom stereocenters. The molecule has 0 aromatic carbocycles. The van der Waals surface area contributed by atoms with E-state index in [9.17, 15) is 9.59 Å². The minimum atomic E-state index is -0.927. The van der Waals surface area contributed by atoms with Crippen LogP contribution in [0.1, 0.15) is 43.5 Å². The van der Waals surface area contributed by atoms with E-state index in [1.807, 2.05) is 20.8 Å². The lowest BCUT2D eigenvalue weighted by Gasteiger charge is -2.14. The third-order valence-corrected chi connectivity index (χ3v) is 5.10. The van der Waals surface area contributed by atoms with Crippen molar-refractivity contribution in [2.75, 3.05) is 0 Å². The average molecular weight is 323 g/mol. The summed E-state index contributed by atoms with van der Waals surface area (Å²) in [5.74, 6) is -1.15. The van der Waals surface area contributed by atoms with Crippen molar-refractivity contribution in [3.05, 3.63) is 43.3 Å². The number of thiophene rings is 2. The zero-order chi connectivity index (χ0) is 15.6. The molecule has 0 aliphatic rings. The number of aryl methyl sites for hydroxylation is 2. The summed E-state index contributed by atoms with van der Waals surface area (Å²) >= 11 is 3.00. The average Bonchev–Trinajstić information content (AvgIpc) is 2.95. The molecule has 2 rings (SSSR count). The molecule has 0 saturated heterocycles. The lowest BCUT2D eigenvalue weighted by molar-refractivity contribution is -0.136. The number of carboxylic acid groups (broad SMARTS) is 1. The largest absolute Gasteiger partial charge is 0.481 e. The standard InChI is InChI=1S/C15H17NO3S2/c1-8-6-12(10(3)21-8)9(2)16-15(19)11-4-5-20-13(11)7-14(17)18/h4-6,9H,7H2,1-3H3,(H,16,19)(H,17,18). The van der Waals surface area contributed by atoms with Crippen molar-refractivity contribution in [2.45, 2.75) is 33.2 Å². The van der Waals surface area contributed by atoms with Gasteiger partial charge in [-0.2, -0.15) is 0 Å². The van der Waals surface area contributed by atoms with Gasteiger partial charge in [0.1, 0.15) is 0 Å². The van der Waals surface area contributed by atoms with Crippen molar-refractivity contribution in [1.29, 1.82) is 0 Å². The van der Waals surface area contributed by atoms with Gasteiger partial charge in [-0.15, -0.1) is 22.7 Å². The van der Waals surface area contributed by atoms with Crippen LogP contribution < -0.4 is 5.32 Å². The van der Waals surface area contributed by atoms with Gasteiger partial charge in [-0.1, -0.05) is 0 Å². The quantitative estimate of drug-likeness (QED) is 0.884. The maximum Gasteiger partial charge on any atom is 0.308 e. The summed E-state index contributed by atoms with van der Waals surface area (Å²) in [6, 6.07) is 3.66. The molecule has 0 fully saturated rings. The van der Waals surface area contributed by atoms with Crippen molar-refractivity contribution in [3.8, 4) is 0 Å². The highest BCUT2D eigenvalue weighted by molar-refractivity contribution is 7.12. The predicted octanol–water partition coefficient (Wildman–Crippen LogP) is 3.54. The smallest absolute Gasteiger partial charge is 0.308 e. The van der Waals surface area contributed by atoms with Gasteiger partial charge in [0.25, 0.3) is 5.91 Å². The van der Waals surface area contributed by atoms with Gasteiger partial charge in [0.15, 0.2) is 0 Å². The van der Waals surface area contributed by atoms with Gasteiger partial charge in [0.05, 0.1) is 18.0 Å². The fraction of sp³-hybridized carbons (Fsp3) is 0.333. The fourth-order valence-electron chi connectivity index (χ4n) is 2.25. The van der Waals surface area contributed by atoms with E-state index < -0.39 is 5.97 Å². The summed E-state index contributed by atoms with van der Waals surface area (Å²) < 4.78 is 0. The first-order chi connectivity index (χ1) is 9.88. The van der Waals surface area contributed by atoms with Crippen molar-refractivity contribution in [3.63, 3.8) is 0 Å². The first kappa shape index (κ1) is 15.7. The SMILES string of the molecule is Cc1cc(C(C)NC(=O)c2ccsc2CC(=O)O)c(C)s1. The Balaban J connectivity index is 2.13. The lowest BCUT2D eigenvalue weighted by atomic mass is 10.1. The second kappa shape index (κ2) is 6.41. The van der Waals surface area contributed by atoms with Crippen LogP contribution in [0, 0.1) is 13.8 Å². The Morgan fingerprint density at radius 2 is 2.10 bits per heavy atom. The van der Waals surface area contributed by atoms with Crippen LogP contribution in [0.2, 0.25) is 0 Å². The Morgan fingerprint density at radius 3 is 2.67 bits per heavy atom. The van der Waals surface area contributed by atoms with Crippen LogP contribution in [-0.2, 0) is 11.2 Å². The maximum atomic E-state index is 12.3. The molecule has 2 N–H and O–H groups in total. The zero-order valence-corrected chi connectivity index (χ0v) is 13.7. The van der Waals surface area contributed by atoms with E-state index in [-0.39, 0.29) is 18.4 Å². The van der Waals surface area contributed by atoms with E-state index in [2.05, 4.69) is 11.4 Å². The van der Waals surface area contributed by atoms with Crippen LogP contribution in [-0.4, -0.2) is 17.0 Å². The van der Waals surface area contributed by atoms with E-state index in [1.54, 1.807) is 22.8 Å². The van der Waals surface area contributed by atoms with Gasteiger partial charge in [-0.25, -0.2) is 0 Å². The number of amides is 1. The van der Waals surface area contributed by atoms with Crippen LogP contribution in [0.3, 0.4) is 0 Å². The van der Waals surface area contributed by atoms with E-state index in [0.29, 0.717) is 10.4 Å². The zero-order valence-electron chi connectivity index (χ0n) is 12.1. The molecule has 0 radical (unpaired) electrons. The monoisotopic (exact) mass is 323 g/mol. The third kappa shape index (κ3) is 3.71. The first-order valence-electron chi connectivity index (χ1n) is 6.54. The molecule has 1 unspecified atom stereocenters. The molecule has 2 aromatic rings. The molecule has 4 nitrogen and oxygen atoms in total. The van der Waals surface area contributed by atoms with Gasteiger partial charge in [-0.05, 0) is 43.8 Å². The van der Waals surface area contributed by atoms with E-state index >= 15 is 0 Å². The molecule has 2 aromatic heterocycles. The molecule has 0 bridgehead atoms. The number of aliphatic carboxylic acids is 1. The molecule has 112 valence electrons. The van der Waals surface area contributed by atoms with Gasteiger partial charge < -0.3 is 10.4 Å². The number of nitrogens with one attached hydrogen (secondary N) is 1. The predicted molar refractivity (Wildman–Crippen MR) is 85.3 cm³/mol. The highest BCUT2D eigenvalue weighted by Crippen LogP contribution is 2.27. The molecule has 0 aliphatic carbocycles. The second-order valence-electron chi connectivity index (χ2n) is 4.89. The number of rotatable bonds is 5. The number of carbonyl (C=O) groups excluding carboxylic acids is 1. The van der Waals surface area contributed by atoms with Crippen molar-refractivity contribution < 1.29 is 14.7 Å². The molecule has 0 saturated carbocycles. The molecule has 6 heteroatoms. The highest BCUT2D eigenvalue weighted by Gasteiger charge is 2.19. The fourth-order valence-corrected chi connectivity index (χ4v) is 4.14. The third-order valence-electron chi connectivity index (χ3n) is 3.20. The summed E-state index contributed by atoms with van der Waals surface area (Å²) in [6.07, 6.45) is -0.120. The Hall–Kier alpha value is -1.66. The molecular weight excluding hydrogens is 306 g/mol. The second-order valence-corrected chi connectivity index (χ2v) is 7.35. The molecule has 2 heterocycles. The minimum Gasteiger partial charge on any atom is -0.481 e. The van der Waals surface area contributed by atoms with Gasteiger partial charge in [-0.3, -0.25) is 9.59 Å². The number of hydrogen-bond donors (Lipinski definition) is 2. The first-order valence-corrected chi connectivity index (χ1v) is 8.24. The summed E-state index contributed by atoms with van der Waals surface area (Å²) in [6.45, 7) is 6.02. The normalized spacial score (nSPS) is 12.1. The van der Waals surface area contributed by atoms with E-state index in [0.717, 1.165) is 5.56 Å². The van der Waals surface area contributed by atoms with Crippen LogP contribution in [0.4, 0.5) is 0 Å². The Morgan fingerprint density at radius 1 is 1.38 bits per heavy atom. The summed E-state index contributed by atoms with van der Waals surface area (Å²) in [4.78, 5) is 26.1. The molecule has 1 amide bonds. The number of carboxylic acids is 1. The lowest BCUT2D eigenvalue weighted by Crippen LogP contribution is -2.27. The summed E-state index contributed by atoms with van der Waals surface area (Å²) in [5.41, 5.74) is 1.57. The molecular formula is C15H17NO3S2. The van der Waals surface area contributed by atoms with Crippen LogP contribution >= 0.6 is 22.7 Å². The van der Waals surface area contributed by atoms with E-state index in [4.69, 9.17) is 5.11 Å². The Labute approximate surface area is 131 Å². The Kier molecular flexibility index (Phi) is 4.80. The van der Waals surface area contributed by atoms with Crippen molar-refractivity contribution in [2.24, 2.45) is 0 Å². The maximum absolute atomic E-state index is 12.3. The van der Waals surface area contributed by atoms with Gasteiger partial charge >= 0.3 is 5.97 Å². The van der Waals surface area contributed by atoms with Gasteiger partial charge in [0, 0.05) is 14.6 Å². The van der Waals surface area contributed by atoms with Crippen LogP contribution in [0.25, 0.3) is 0 Å². The van der Waals surface area contributed by atoms with Crippen LogP contribution in [0.5, 0.6) is 0 Å². The van der Waals surface area contributed by atoms with Crippen molar-refractivity contribution >= 4 is 34.6 Å². The summed E-state index contributed by atoms with van der Waals surface area (Å²) in [7, 11) is 0. The van der Waals surface area contributed by atoms with Crippen LogP contribution in [0.15, 0.2) is 17.5 Å². The number of hydrogen-bond acceptors (Lipinski definition) is 4. The summed E-state index contributed by atoms with van der Waals surface area (Å²) in [5, 5.41) is 13.6. The molecule has 21 heavy (non-hydrogen) atoms. The van der Waals surface area contributed by atoms with Crippen molar-refractivity contribution in [1.82, 2.24) is 5.32 Å². The highest BCUT2D eigenvalue weighted by atomic mass is 32.1. The van der Waals surface area contributed by atoms with Gasteiger partial charge in [0.2, 0.25) is 0 Å². The number of carbonyl (C=O) groups is 2. The molecule has 0 spiro atoms. The molecule has 0 aliphatic heterocycles. The topological polar surface area (TPSA) is 66.4 Å². The Bertz CT molecular complexity index is 672. The minimum absolute atomic E-state index is 0.0972. The van der Waals surface area contributed by atoms with E-state index in [1.165, 1.54) is 21.1 Å².